The number of aromatic nitrogens is 1. The van der Waals surface area contributed by atoms with Gasteiger partial charge in [0.15, 0.2) is 0 Å². The number of carboxylic acid groups (broad SMARTS) is 2. The highest BCUT2D eigenvalue weighted by molar-refractivity contribution is 7.98. The molecule has 18 unspecified atom stereocenters. The molecule has 0 fully saturated rings. The maximum absolute atomic E-state index is 15.1. The monoisotopic (exact) mass is 1930 g/mol. The summed E-state index contributed by atoms with van der Waals surface area (Å²) in [6.07, 6.45) is -4.20. The summed E-state index contributed by atoms with van der Waals surface area (Å²) in [7, 11) is 0. The third-order valence-electron chi connectivity index (χ3n) is 20.6. The molecule has 1 heterocycles. The summed E-state index contributed by atoms with van der Waals surface area (Å²) in [5.41, 5.74) is 23.3. The lowest BCUT2D eigenvalue weighted by Crippen LogP contribution is -2.62. The van der Waals surface area contributed by atoms with Crippen molar-refractivity contribution in [2.24, 2.45) is 40.7 Å². The molecule has 28 N–H and O–H groups in total. The second kappa shape index (κ2) is 57.6. The van der Waals surface area contributed by atoms with Gasteiger partial charge in [0.1, 0.15) is 96.7 Å². The van der Waals surface area contributed by atoms with Crippen molar-refractivity contribution in [3.8, 4) is 0 Å². The number of hydrogen-bond donors (Lipinski definition) is 26. The van der Waals surface area contributed by atoms with Crippen LogP contribution in [0.15, 0.2) is 60.8 Å². The van der Waals surface area contributed by atoms with E-state index in [4.69, 9.17) is 22.9 Å². The zero-order chi connectivity index (χ0) is 100. The number of amides is 20. The van der Waals surface area contributed by atoms with E-state index in [0.717, 1.165) is 27.7 Å². The summed E-state index contributed by atoms with van der Waals surface area (Å²) in [6, 6.07) is -11.1. The van der Waals surface area contributed by atoms with Gasteiger partial charge in [0.2, 0.25) is 118 Å². The van der Waals surface area contributed by atoms with Gasteiger partial charge < -0.3 is 128 Å². The summed E-state index contributed by atoms with van der Waals surface area (Å²) in [6.45, 7) is 14.7. The molecule has 1 aromatic heterocycles. The molecule has 0 radical (unpaired) electrons. The number of carbonyl (C=O) groups is 22. The average molecular weight is 1930 g/mol. The van der Waals surface area contributed by atoms with E-state index < -0.39 is 302 Å². The number of benzene rings is 2. The van der Waals surface area contributed by atoms with Gasteiger partial charge in [0.25, 0.3) is 0 Å². The number of primary amides is 4. The lowest BCUT2D eigenvalue weighted by Gasteiger charge is -2.30. The van der Waals surface area contributed by atoms with Crippen LogP contribution in [0.1, 0.15) is 157 Å². The number of nitrogens with two attached hydrogens (primary N) is 4. The second-order valence-electron chi connectivity index (χ2n) is 32.8. The number of fused-ring (bicyclic) bond motifs is 1. The zero-order valence-electron chi connectivity index (χ0n) is 75.8. The number of aliphatic hydroxyl groups is 1. The molecule has 2 aromatic carbocycles. The summed E-state index contributed by atoms with van der Waals surface area (Å²) in [5, 5.41) is 69.1. The smallest absolute Gasteiger partial charge is 0.305 e. The Balaban J connectivity index is 1.96. The Morgan fingerprint density at radius 3 is 1.20 bits per heavy atom. The Labute approximate surface area is 782 Å². The normalized spacial score (nSPS) is 15.2. The first kappa shape index (κ1) is 115. The molecule has 18 atom stereocenters. The van der Waals surface area contributed by atoms with Crippen molar-refractivity contribution in [3.05, 3.63) is 71.9 Å². The van der Waals surface area contributed by atoms with E-state index in [0.29, 0.717) is 22.0 Å². The molecule has 20 amide bonds. The van der Waals surface area contributed by atoms with Crippen LogP contribution in [0.5, 0.6) is 0 Å². The quantitative estimate of drug-likeness (QED) is 0.0234. The van der Waals surface area contributed by atoms with Gasteiger partial charge in [0.05, 0.1) is 18.9 Å². The van der Waals surface area contributed by atoms with Crippen LogP contribution in [0.4, 0.5) is 0 Å². The van der Waals surface area contributed by atoms with E-state index in [1.54, 1.807) is 109 Å². The van der Waals surface area contributed by atoms with Gasteiger partial charge in [-0.2, -0.15) is 37.0 Å². The molecule has 0 saturated carbocycles. The number of aliphatic hydroxyl groups excluding tert-OH is 1. The standard InChI is InChI=1S/C84H127N21O25S3/c1-12-41(6)67(84(130)96-51(23-26-63(86)109)73(119)99-57(33-47-36-89-49-21-17-16-20-48(47)49)78(124)97-55(31-40(4)5)77(123)95-53(28-29-133-11)75(121)100-58(34-64(87)110)81(127)105-68(44(9)106)69(88)115)104-80(126)56(32-46-18-14-13-15-19-46)98-74(120)52(24-27-65(111)112)94-82(128)60(37-131)102-71(117)43(8)90-70(116)42(7)91-72(118)50(22-25-62(85)108)93-83(129)61(38-132)103-79(125)59(35-66(113)114)101-76(122)54(30-39(2)3)92-45(10)107/h13-21,36,39-44,50-61,67-68,89,106,131-132H,12,22-35,37-38H2,1-11H3,(H2,85,108)(H2,86,109)(H2,87,110)(H2,88,115)(H,90,116)(H,91,118)(H,92,107)(H,93,129)(H,94,128)(H,95,123)(H,96,130)(H,97,124)(H,98,120)(H,99,119)(H,100,121)(H,101,122)(H,102,117)(H,103,125)(H,104,126)(H,105,127)(H,111,112)(H,113,114). The molecule has 46 nitrogen and oxygen atoms in total. The van der Waals surface area contributed by atoms with Crippen molar-refractivity contribution in [1.82, 2.24) is 90.1 Å². The molecule has 0 bridgehead atoms. The first-order valence-corrected chi connectivity index (χ1v) is 45.5. The number of thioether (sulfide) groups is 1. The van der Waals surface area contributed by atoms with Crippen LogP contribution in [0.3, 0.4) is 0 Å². The van der Waals surface area contributed by atoms with Gasteiger partial charge in [-0.25, -0.2) is 0 Å². The number of aromatic amines is 1. The predicted octanol–water partition coefficient (Wildman–Crippen LogP) is -5.87. The Hall–Kier alpha value is -12.7. The summed E-state index contributed by atoms with van der Waals surface area (Å²) in [5.74, 6) is -25.9. The number of nitrogens with one attached hydrogen (secondary N) is 17. The molecule has 736 valence electrons. The van der Waals surface area contributed by atoms with Crippen LogP contribution in [-0.4, -0.2) is 277 Å². The number of aliphatic carboxylic acids is 2. The van der Waals surface area contributed by atoms with E-state index in [1.807, 2.05) is 0 Å². The minimum Gasteiger partial charge on any atom is -0.481 e. The van der Waals surface area contributed by atoms with Crippen LogP contribution in [0.2, 0.25) is 0 Å². The molecule has 0 aliphatic rings. The maximum Gasteiger partial charge on any atom is 0.305 e. The van der Waals surface area contributed by atoms with Crippen molar-refractivity contribution < 1.29 is 121 Å². The topological polar surface area (TPSA) is 749 Å². The number of hydrogen-bond acceptors (Lipinski definition) is 26. The molecule has 0 aliphatic carbocycles. The van der Waals surface area contributed by atoms with Gasteiger partial charge in [-0.05, 0) is 106 Å². The van der Waals surface area contributed by atoms with Crippen LogP contribution in [0.25, 0.3) is 10.9 Å². The molecule has 0 spiro atoms. The van der Waals surface area contributed by atoms with Crippen molar-refractivity contribution in [3.63, 3.8) is 0 Å². The fourth-order valence-corrected chi connectivity index (χ4v) is 14.2. The highest BCUT2D eigenvalue weighted by atomic mass is 32.2. The van der Waals surface area contributed by atoms with Gasteiger partial charge in [-0.3, -0.25) is 105 Å². The molecule has 133 heavy (non-hydrogen) atoms. The zero-order valence-corrected chi connectivity index (χ0v) is 78.4. The van der Waals surface area contributed by atoms with Crippen LogP contribution >= 0.6 is 37.0 Å². The third-order valence-corrected chi connectivity index (χ3v) is 22.0. The first-order valence-electron chi connectivity index (χ1n) is 42.8. The molecule has 3 aromatic rings. The maximum atomic E-state index is 15.1. The van der Waals surface area contributed by atoms with Crippen LogP contribution < -0.4 is 108 Å². The van der Waals surface area contributed by atoms with E-state index in [2.05, 4.69) is 115 Å². The Bertz CT molecular complexity index is 4600. The highest BCUT2D eigenvalue weighted by Crippen LogP contribution is 2.22. The number of rotatable bonds is 61. The fraction of sp³-hybridized carbons (Fsp3) is 0.571. The van der Waals surface area contributed by atoms with E-state index in [1.165, 1.54) is 11.8 Å². The van der Waals surface area contributed by atoms with Crippen LogP contribution in [-0.2, 0) is 118 Å². The molecular formula is C84H127N21O25S3. The average Bonchev–Trinajstić information content (AvgIpc) is 1.69. The van der Waals surface area contributed by atoms with Gasteiger partial charge >= 0.3 is 11.9 Å². The second-order valence-corrected chi connectivity index (χ2v) is 34.5. The minimum atomic E-state index is -1.82. The van der Waals surface area contributed by atoms with E-state index in [-0.39, 0.29) is 56.1 Å². The predicted molar refractivity (Wildman–Crippen MR) is 490 cm³/mol. The molecule has 0 aliphatic heterocycles. The molecular weight excluding hydrogens is 1800 g/mol. The number of thiol groups is 2. The van der Waals surface area contributed by atoms with Gasteiger partial charge in [0, 0.05) is 67.6 Å². The van der Waals surface area contributed by atoms with Crippen molar-refractivity contribution in [1.29, 1.82) is 0 Å². The Kier molecular flexibility index (Phi) is 49.6. The highest BCUT2D eigenvalue weighted by Gasteiger charge is 2.41. The minimum absolute atomic E-state index is 0.0923. The number of carboxylic acids is 2. The molecule has 0 saturated heterocycles. The van der Waals surface area contributed by atoms with E-state index >= 15 is 9.59 Å². The van der Waals surface area contributed by atoms with Crippen molar-refractivity contribution in [2.45, 2.75) is 262 Å². The van der Waals surface area contributed by atoms with Crippen molar-refractivity contribution >= 4 is 178 Å². The first-order chi connectivity index (χ1) is 62.4. The van der Waals surface area contributed by atoms with Crippen LogP contribution in [0, 0.1) is 17.8 Å². The van der Waals surface area contributed by atoms with Crippen molar-refractivity contribution in [2.75, 3.05) is 23.5 Å². The number of para-hydroxylation sites is 1. The lowest BCUT2D eigenvalue weighted by atomic mass is 9.96. The fourth-order valence-electron chi connectivity index (χ4n) is 13.2. The Morgan fingerprint density at radius 1 is 0.383 bits per heavy atom. The van der Waals surface area contributed by atoms with E-state index in [9.17, 15) is 111 Å². The number of carbonyl (C=O) groups excluding carboxylic acids is 20. The molecule has 3 rings (SSSR count). The molecule has 49 heteroatoms. The summed E-state index contributed by atoms with van der Waals surface area (Å²) < 4.78 is 0. The number of H-pyrrole nitrogens is 1. The third kappa shape index (κ3) is 40.9. The summed E-state index contributed by atoms with van der Waals surface area (Å²) in [4.78, 5) is 301. The largest absolute Gasteiger partial charge is 0.481 e. The Morgan fingerprint density at radius 2 is 0.744 bits per heavy atom. The SMILES string of the molecule is CCC(C)C(NC(=O)C(Cc1ccccc1)NC(=O)C(CCC(=O)O)NC(=O)C(CS)NC(=O)C(C)NC(=O)C(C)NC(=O)C(CCC(N)=O)NC(=O)C(CS)NC(=O)C(CC(=O)O)NC(=O)C(CC(C)C)NC(C)=O)C(=O)NC(CCC(N)=O)C(=O)NC(Cc1c[nH]c2ccccc12)C(=O)NC(CC(C)C)C(=O)NC(CCSC)C(=O)NC(CC(N)=O)C(=O)NC(C(N)=O)C(C)O. The van der Waals surface area contributed by atoms with Gasteiger partial charge in [-0.1, -0.05) is 96.5 Å². The summed E-state index contributed by atoms with van der Waals surface area (Å²) >= 11 is 9.60. The lowest BCUT2D eigenvalue weighted by molar-refractivity contribution is -0.141. The van der Waals surface area contributed by atoms with Gasteiger partial charge in [-0.15, -0.1) is 0 Å².